The minimum Gasteiger partial charge on any atom is -0.459 e. The summed E-state index contributed by atoms with van der Waals surface area (Å²) < 4.78 is 10.9. The molecule has 0 aromatic heterocycles. The average molecular weight is 453 g/mol. The fraction of sp³-hybridized carbons (Fsp3) is 0.423. The number of benzene rings is 2. The monoisotopic (exact) mass is 452 g/mol. The van der Waals surface area contributed by atoms with E-state index in [2.05, 4.69) is 5.32 Å². The normalized spacial score (nSPS) is 16.7. The molecule has 33 heavy (non-hydrogen) atoms. The van der Waals surface area contributed by atoms with Gasteiger partial charge in [-0.05, 0) is 44.7 Å². The second-order valence-electron chi connectivity index (χ2n) is 9.17. The van der Waals surface area contributed by atoms with Crippen molar-refractivity contribution in [2.75, 3.05) is 6.54 Å². The van der Waals surface area contributed by atoms with Crippen molar-refractivity contribution >= 4 is 18.0 Å². The standard InChI is InChI=1S/C26H32N2O5/c1-26(2,3)33-25(31)27-21(17-19-11-6-4-7-12-19)23(29)28-16-10-15-22(28)24(30)32-18-20-13-8-5-9-14-20/h4-9,11-14,21-22H,10,15-18H2,1-3H3,(H,27,31). The van der Waals surface area contributed by atoms with E-state index >= 15 is 0 Å². The van der Waals surface area contributed by atoms with Crippen LogP contribution in [-0.4, -0.2) is 47.1 Å². The molecule has 2 unspecified atom stereocenters. The van der Waals surface area contributed by atoms with E-state index in [9.17, 15) is 14.4 Å². The predicted molar refractivity (Wildman–Crippen MR) is 124 cm³/mol. The zero-order valence-electron chi connectivity index (χ0n) is 19.5. The smallest absolute Gasteiger partial charge is 0.408 e. The van der Waals surface area contributed by atoms with Crippen molar-refractivity contribution in [3.63, 3.8) is 0 Å². The number of amides is 2. The van der Waals surface area contributed by atoms with E-state index in [1.54, 1.807) is 20.8 Å². The summed E-state index contributed by atoms with van der Waals surface area (Å²) in [6, 6.07) is 17.3. The van der Waals surface area contributed by atoms with Crippen molar-refractivity contribution in [1.82, 2.24) is 10.2 Å². The lowest BCUT2D eigenvalue weighted by Crippen LogP contribution is -2.53. The summed E-state index contributed by atoms with van der Waals surface area (Å²) in [5, 5.41) is 2.71. The van der Waals surface area contributed by atoms with Gasteiger partial charge in [0.15, 0.2) is 0 Å². The zero-order chi connectivity index (χ0) is 23.8. The minimum atomic E-state index is -0.857. The number of nitrogens with zero attached hydrogens (tertiary/aromatic N) is 1. The molecule has 1 saturated heterocycles. The molecule has 2 atom stereocenters. The summed E-state index contributed by atoms with van der Waals surface area (Å²) >= 11 is 0. The van der Waals surface area contributed by atoms with Crippen molar-refractivity contribution in [3.8, 4) is 0 Å². The minimum absolute atomic E-state index is 0.155. The second kappa shape index (κ2) is 11.0. The molecule has 7 heteroatoms. The Balaban J connectivity index is 1.70. The first kappa shape index (κ1) is 24.3. The molecule has 1 fully saturated rings. The third-order valence-electron chi connectivity index (χ3n) is 5.30. The Morgan fingerprint density at radius 2 is 1.61 bits per heavy atom. The Morgan fingerprint density at radius 1 is 1.00 bits per heavy atom. The zero-order valence-corrected chi connectivity index (χ0v) is 19.5. The maximum Gasteiger partial charge on any atom is 0.408 e. The molecule has 0 aliphatic carbocycles. The summed E-state index contributed by atoms with van der Waals surface area (Å²) in [6.07, 6.45) is 0.853. The number of alkyl carbamates (subject to hydrolysis) is 1. The third kappa shape index (κ3) is 7.34. The fourth-order valence-electron chi connectivity index (χ4n) is 3.80. The van der Waals surface area contributed by atoms with E-state index in [1.807, 2.05) is 60.7 Å². The van der Waals surface area contributed by atoms with Crippen molar-refractivity contribution in [1.29, 1.82) is 0 Å². The van der Waals surface area contributed by atoms with Gasteiger partial charge in [0, 0.05) is 13.0 Å². The molecule has 176 valence electrons. The highest BCUT2D eigenvalue weighted by atomic mass is 16.6. The van der Waals surface area contributed by atoms with Gasteiger partial charge in [-0.2, -0.15) is 0 Å². The number of esters is 1. The molecular weight excluding hydrogens is 420 g/mol. The highest BCUT2D eigenvalue weighted by Gasteiger charge is 2.39. The lowest BCUT2D eigenvalue weighted by Gasteiger charge is -2.29. The molecule has 1 aliphatic heterocycles. The topological polar surface area (TPSA) is 84.9 Å². The number of hydrogen-bond donors (Lipinski definition) is 1. The number of nitrogens with one attached hydrogen (secondary N) is 1. The molecule has 7 nitrogen and oxygen atoms in total. The number of carbonyl (C=O) groups excluding carboxylic acids is 3. The van der Waals surface area contributed by atoms with Crippen molar-refractivity contribution in [2.24, 2.45) is 0 Å². The number of rotatable bonds is 7. The van der Waals surface area contributed by atoms with Crippen LogP contribution >= 0.6 is 0 Å². The number of carbonyl (C=O) groups is 3. The molecule has 1 heterocycles. The van der Waals surface area contributed by atoms with Crippen LogP contribution in [0.25, 0.3) is 0 Å². The molecular formula is C26H32N2O5. The van der Waals surface area contributed by atoms with Gasteiger partial charge in [0.25, 0.3) is 0 Å². The molecule has 0 saturated carbocycles. The van der Waals surface area contributed by atoms with E-state index in [4.69, 9.17) is 9.47 Å². The lowest BCUT2D eigenvalue weighted by atomic mass is 10.0. The SMILES string of the molecule is CC(C)(C)OC(=O)NC(Cc1ccccc1)C(=O)N1CCCC1C(=O)OCc1ccccc1. The van der Waals surface area contributed by atoms with Crippen LogP contribution in [0.1, 0.15) is 44.7 Å². The Labute approximate surface area is 195 Å². The van der Waals surface area contributed by atoms with Gasteiger partial charge in [-0.3, -0.25) is 4.79 Å². The molecule has 0 bridgehead atoms. The number of hydrogen-bond acceptors (Lipinski definition) is 5. The van der Waals surface area contributed by atoms with Crippen LogP contribution in [0.2, 0.25) is 0 Å². The van der Waals surface area contributed by atoms with Crippen LogP contribution in [0, 0.1) is 0 Å². The molecule has 1 N–H and O–H groups in total. The van der Waals surface area contributed by atoms with Gasteiger partial charge in [-0.25, -0.2) is 9.59 Å². The molecule has 0 radical (unpaired) electrons. The van der Waals surface area contributed by atoms with Crippen LogP contribution in [0.3, 0.4) is 0 Å². The van der Waals surface area contributed by atoms with Gasteiger partial charge < -0.3 is 19.7 Å². The molecule has 2 amide bonds. The van der Waals surface area contributed by atoms with Crippen LogP contribution in [0.5, 0.6) is 0 Å². The summed E-state index contributed by atoms with van der Waals surface area (Å²) in [4.78, 5) is 40.3. The Bertz CT molecular complexity index is 940. The highest BCUT2D eigenvalue weighted by molar-refractivity contribution is 5.90. The second-order valence-corrected chi connectivity index (χ2v) is 9.17. The van der Waals surface area contributed by atoms with Crippen molar-refractivity contribution in [3.05, 3.63) is 71.8 Å². The van der Waals surface area contributed by atoms with Gasteiger partial charge in [0.05, 0.1) is 0 Å². The Hall–Kier alpha value is -3.35. The lowest BCUT2D eigenvalue weighted by molar-refractivity contribution is -0.155. The maximum absolute atomic E-state index is 13.5. The average Bonchev–Trinajstić information content (AvgIpc) is 3.27. The largest absolute Gasteiger partial charge is 0.459 e. The highest BCUT2D eigenvalue weighted by Crippen LogP contribution is 2.21. The van der Waals surface area contributed by atoms with Crippen molar-refractivity contribution in [2.45, 2.75) is 64.3 Å². The molecule has 2 aromatic rings. The third-order valence-corrected chi connectivity index (χ3v) is 5.30. The molecule has 0 spiro atoms. The van der Waals surface area contributed by atoms with E-state index < -0.39 is 29.7 Å². The first-order valence-electron chi connectivity index (χ1n) is 11.3. The molecule has 3 rings (SSSR count). The summed E-state index contributed by atoms with van der Waals surface area (Å²) in [6.45, 7) is 5.88. The van der Waals surface area contributed by atoms with Crippen molar-refractivity contribution < 1.29 is 23.9 Å². The van der Waals surface area contributed by atoms with Gasteiger partial charge in [-0.15, -0.1) is 0 Å². The van der Waals surface area contributed by atoms with Gasteiger partial charge in [0.2, 0.25) is 5.91 Å². The number of likely N-dealkylation sites (tertiary alicyclic amines) is 1. The van der Waals surface area contributed by atoms with Crippen LogP contribution in [0.15, 0.2) is 60.7 Å². The van der Waals surface area contributed by atoms with Crippen LogP contribution in [-0.2, 0) is 32.1 Å². The van der Waals surface area contributed by atoms with Gasteiger partial charge >= 0.3 is 12.1 Å². The maximum atomic E-state index is 13.5. The Kier molecular flexibility index (Phi) is 8.09. The van der Waals surface area contributed by atoms with E-state index in [-0.39, 0.29) is 12.5 Å². The quantitative estimate of drug-likeness (QED) is 0.645. The van der Waals surface area contributed by atoms with Gasteiger partial charge in [-0.1, -0.05) is 60.7 Å². The fourth-order valence-corrected chi connectivity index (χ4v) is 3.80. The molecule has 1 aliphatic rings. The van der Waals surface area contributed by atoms with Gasteiger partial charge in [0.1, 0.15) is 24.3 Å². The van der Waals surface area contributed by atoms with E-state index in [0.29, 0.717) is 25.8 Å². The summed E-state index contributed by atoms with van der Waals surface area (Å²) in [7, 11) is 0. The van der Waals surface area contributed by atoms with E-state index in [0.717, 1.165) is 11.1 Å². The Morgan fingerprint density at radius 3 is 2.21 bits per heavy atom. The summed E-state index contributed by atoms with van der Waals surface area (Å²) in [5.74, 6) is -0.746. The van der Waals surface area contributed by atoms with Crippen LogP contribution < -0.4 is 5.32 Å². The van der Waals surface area contributed by atoms with Crippen LogP contribution in [0.4, 0.5) is 4.79 Å². The first-order chi connectivity index (χ1) is 15.7. The summed E-state index contributed by atoms with van der Waals surface area (Å²) in [5.41, 5.74) is 1.09. The van der Waals surface area contributed by atoms with E-state index in [1.165, 1.54) is 4.90 Å². The molecule has 2 aromatic carbocycles. The first-order valence-corrected chi connectivity index (χ1v) is 11.3. The number of ether oxygens (including phenoxy) is 2. The predicted octanol–water partition coefficient (Wildman–Crippen LogP) is 3.86.